The molecule has 17 heavy (non-hydrogen) atoms. The van der Waals surface area contributed by atoms with Gasteiger partial charge >= 0.3 is 0 Å². The zero-order valence-electron chi connectivity index (χ0n) is 9.04. The van der Waals surface area contributed by atoms with E-state index < -0.39 is 10.0 Å². The maximum absolute atomic E-state index is 11.8. The Labute approximate surface area is 105 Å². The molecule has 1 heterocycles. The van der Waals surface area contributed by atoms with Crippen molar-refractivity contribution in [3.05, 3.63) is 40.3 Å². The van der Waals surface area contributed by atoms with Crippen molar-refractivity contribution in [1.29, 1.82) is 0 Å². The van der Waals surface area contributed by atoms with E-state index in [2.05, 4.69) is 0 Å². The van der Waals surface area contributed by atoms with Gasteiger partial charge in [-0.05, 0) is 30.2 Å². The number of sulfonamides is 1. The van der Waals surface area contributed by atoms with Gasteiger partial charge in [-0.1, -0.05) is 28.2 Å². The molecule has 0 N–H and O–H groups in total. The Morgan fingerprint density at radius 1 is 1.29 bits per heavy atom. The van der Waals surface area contributed by atoms with Gasteiger partial charge in [0.05, 0.1) is 6.61 Å². The molecule has 1 aliphatic rings. The van der Waals surface area contributed by atoms with Gasteiger partial charge in [0.15, 0.2) is 0 Å². The van der Waals surface area contributed by atoms with Crippen molar-refractivity contribution >= 4 is 27.7 Å². The maximum Gasteiger partial charge on any atom is 0.258 e. The molecule has 0 amide bonds. The quantitative estimate of drug-likeness (QED) is 0.849. The number of benzene rings is 1. The molecule has 1 aromatic rings. The Morgan fingerprint density at radius 3 is 2.59 bits per heavy atom. The lowest BCUT2D eigenvalue weighted by atomic mass is 10.2. The molecule has 0 bridgehead atoms. The van der Waals surface area contributed by atoms with Crippen molar-refractivity contribution in [2.45, 2.75) is 6.42 Å². The van der Waals surface area contributed by atoms with E-state index in [0.29, 0.717) is 18.2 Å². The monoisotopic (exact) mass is 273 g/mol. The predicted molar refractivity (Wildman–Crippen MR) is 66.7 cm³/mol. The first-order chi connectivity index (χ1) is 8.08. The Balaban J connectivity index is 2.11. The molecule has 2 rings (SSSR count). The molecular weight excluding hydrogens is 262 g/mol. The molecule has 0 aromatic heterocycles. The average Bonchev–Trinajstić information content (AvgIpc) is 2.82. The molecule has 0 spiro atoms. The van der Waals surface area contributed by atoms with Crippen LogP contribution in [0.1, 0.15) is 12.0 Å². The minimum Gasteiger partial charge on any atom is -0.284 e. The second-order valence-corrected chi connectivity index (χ2v) is 5.76. The second-order valence-electron chi connectivity index (χ2n) is 3.61. The molecule has 0 saturated carbocycles. The minimum atomic E-state index is -3.47. The summed E-state index contributed by atoms with van der Waals surface area (Å²) in [6, 6.07) is 6.92. The zero-order valence-corrected chi connectivity index (χ0v) is 10.6. The fourth-order valence-corrected chi connectivity index (χ4v) is 2.63. The Hall–Kier alpha value is -0.880. The molecule has 0 radical (unpaired) electrons. The average molecular weight is 274 g/mol. The van der Waals surface area contributed by atoms with Crippen LogP contribution in [0.3, 0.4) is 0 Å². The van der Waals surface area contributed by atoms with E-state index in [4.69, 9.17) is 16.4 Å². The fraction of sp³-hybridized carbons (Fsp3) is 0.273. The van der Waals surface area contributed by atoms with Gasteiger partial charge in [0, 0.05) is 17.0 Å². The van der Waals surface area contributed by atoms with E-state index in [9.17, 15) is 8.42 Å². The Bertz CT molecular complexity index is 504. The van der Waals surface area contributed by atoms with Gasteiger partial charge < -0.3 is 0 Å². The first-order valence-electron chi connectivity index (χ1n) is 5.17. The molecule has 1 aliphatic heterocycles. The van der Waals surface area contributed by atoms with Crippen molar-refractivity contribution in [1.82, 2.24) is 4.47 Å². The van der Waals surface area contributed by atoms with Gasteiger partial charge in [-0.25, -0.2) is 8.42 Å². The van der Waals surface area contributed by atoms with Gasteiger partial charge in [0.1, 0.15) is 0 Å². The van der Waals surface area contributed by atoms with Crippen LogP contribution in [0.5, 0.6) is 0 Å². The van der Waals surface area contributed by atoms with Crippen LogP contribution in [0.15, 0.2) is 29.7 Å². The number of rotatable bonds is 3. The van der Waals surface area contributed by atoms with Gasteiger partial charge in [0.25, 0.3) is 10.0 Å². The highest BCUT2D eigenvalue weighted by Crippen LogP contribution is 2.15. The predicted octanol–water partition coefficient (Wildman–Crippen LogP) is 2.28. The van der Waals surface area contributed by atoms with E-state index in [1.165, 1.54) is 6.08 Å². The molecule has 1 saturated heterocycles. The van der Waals surface area contributed by atoms with Crippen molar-refractivity contribution in [2.24, 2.45) is 0 Å². The van der Waals surface area contributed by atoms with Crippen LogP contribution in [-0.2, 0) is 14.9 Å². The summed E-state index contributed by atoms with van der Waals surface area (Å²) in [6.45, 7) is 0.862. The number of hydroxylamine groups is 1. The molecule has 92 valence electrons. The molecular formula is C11H12ClNO3S. The topological polar surface area (TPSA) is 46.6 Å². The summed E-state index contributed by atoms with van der Waals surface area (Å²) in [6.07, 6.45) is 2.25. The highest BCUT2D eigenvalue weighted by atomic mass is 35.5. The van der Waals surface area contributed by atoms with E-state index >= 15 is 0 Å². The summed E-state index contributed by atoms with van der Waals surface area (Å²) >= 11 is 5.73. The maximum atomic E-state index is 11.8. The van der Waals surface area contributed by atoms with Crippen LogP contribution < -0.4 is 0 Å². The van der Waals surface area contributed by atoms with E-state index in [-0.39, 0.29) is 0 Å². The third kappa shape index (κ3) is 3.29. The summed E-state index contributed by atoms with van der Waals surface area (Å²) in [5.74, 6) is 0. The van der Waals surface area contributed by atoms with Crippen molar-refractivity contribution < 1.29 is 13.3 Å². The lowest BCUT2D eigenvalue weighted by Gasteiger charge is -2.10. The van der Waals surface area contributed by atoms with Crippen LogP contribution in [0, 0.1) is 0 Å². The number of hydrogen-bond acceptors (Lipinski definition) is 3. The first-order valence-corrected chi connectivity index (χ1v) is 7.05. The van der Waals surface area contributed by atoms with Crippen LogP contribution in [-0.4, -0.2) is 26.0 Å². The van der Waals surface area contributed by atoms with Gasteiger partial charge in [-0.3, -0.25) is 4.84 Å². The summed E-state index contributed by atoms with van der Waals surface area (Å²) in [7, 11) is -3.47. The molecule has 1 aromatic carbocycles. The number of nitrogens with zero attached hydrogens (tertiary/aromatic N) is 1. The van der Waals surface area contributed by atoms with E-state index in [0.717, 1.165) is 21.9 Å². The van der Waals surface area contributed by atoms with Gasteiger partial charge in [-0.15, -0.1) is 0 Å². The normalized spacial score (nSPS) is 17.9. The second kappa shape index (κ2) is 5.18. The highest BCUT2D eigenvalue weighted by molar-refractivity contribution is 7.92. The van der Waals surface area contributed by atoms with Crippen molar-refractivity contribution in [3.8, 4) is 0 Å². The van der Waals surface area contributed by atoms with Crippen LogP contribution in [0.2, 0.25) is 5.02 Å². The van der Waals surface area contributed by atoms with Crippen LogP contribution in [0.4, 0.5) is 0 Å². The fourth-order valence-electron chi connectivity index (χ4n) is 1.43. The Morgan fingerprint density at radius 2 is 2.00 bits per heavy atom. The third-order valence-corrected chi connectivity index (χ3v) is 3.89. The van der Waals surface area contributed by atoms with E-state index in [1.54, 1.807) is 24.3 Å². The lowest BCUT2D eigenvalue weighted by Crippen LogP contribution is -2.24. The lowest BCUT2D eigenvalue weighted by molar-refractivity contribution is -0.0271. The van der Waals surface area contributed by atoms with Gasteiger partial charge in [0.2, 0.25) is 0 Å². The first kappa shape index (κ1) is 12.6. The molecule has 0 unspecified atom stereocenters. The Kier molecular flexibility index (Phi) is 3.83. The van der Waals surface area contributed by atoms with Crippen LogP contribution in [0.25, 0.3) is 6.08 Å². The molecule has 1 fully saturated rings. The highest BCUT2D eigenvalue weighted by Gasteiger charge is 2.23. The zero-order chi connectivity index (χ0) is 12.3. The summed E-state index contributed by atoms with van der Waals surface area (Å²) < 4.78 is 24.5. The standard InChI is InChI=1S/C11H12ClNO3S/c12-11-4-2-10(3-5-11)6-9-17(14,15)13-7-1-8-16-13/h2-6,9H,1,7-8H2/b9-6+. The van der Waals surface area contributed by atoms with Crippen LogP contribution >= 0.6 is 11.6 Å². The third-order valence-electron chi connectivity index (χ3n) is 2.31. The summed E-state index contributed by atoms with van der Waals surface area (Å²) in [4.78, 5) is 5.00. The minimum absolute atomic E-state index is 0.410. The molecule has 0 aliphatic carbocycles. The smallest absolute Gasteiger partial charge is 0.258 e. The van der Waals surface area contributed by atoms with E-state index in [1.807, 2.05) is 0 Å². The summed E-state index contributed by atoms with van der Waals surface area (Å²) in [5, 5.41) is 1.76. The SMILES string of the molecule is O=S(=O)(/C=C/c1ccc(Cl)cc1)N1CCCO1. The number of halogens is 1. The molecule has 0 atom stereocenters. The molecule has 6 heteroatoms. The molecule has 4 nitrogen and oxygen atoms in total. The van der Waals surface area contributed by atoms with Gasteiger partial charge in [-0.2, -0.15) is 0 Å². The largest absolute Gasteiger partial charge is 0.284 e. The number of hydrogen-bond donors (Lipinski definition) is 0. The van der Waals surface area contributed by atoms with Crippen molar-refractivity contribution in [3.63, 3.8) is 0 Å². The van der Waals surface area contributed by atoms with Crippen molar-refractivity contribution in [2.75, 3.05) is 13.2 Å². The summed E-state index contributed by atoms with van der Waals surface area (Å²) in [5.41, 5.74) is 0.775.